The number of hydrogen-bond acceptors (Lipinski definition) is 6. The second-order valence-corrected chi connectivity index (χ2v) is 8.41. The molecule has 3 aromatic carbocycles. The number of carbonyl (C=O) groups is 1. The van der Waals surface area contributed by atoms with Crippen LogP contribution in [0, 0.1) is 0 Å². The number of anilines is 1. The molecular weight excluding hydrogens is 458 g/mol. The van der Waals surface area contributed by atoms with Gasteiger partial charge in [-0.3, -0.25) is 4.79 Å². The van der Waals surface area contributed by atoms with E-state index in [0.29, 0.717) is 35.1 Å². The van der Waals surface area contributed by atoms with Crippen LogP contribution in [0.15, 0.2) is 60.8 Å². The summed E-state index contributed by atoms with van der Waals surface area (Å²) in [6, 6.07) is 16.5. The normalized spacial score (nSPS) is 13.2. The van der Waals surface area contributed by atoms with E-state index in [4.69, 9.17) is 24.7 Å². The number of benzene rings is 3. The van der Waals surface area contributed by atoms with Gasteiger partial charge < -0.3 is 35.0 Å². The average molecular weight is 486 g/mol. The molecule has 1 aliphatic rings. The smallest absolute Gasteiger partial charge is 0.241 e. The van der Waals surface area contributed by atoms with Gasteiger partial charge in [-0.2, -0.15) is 0 Å². The number of ether oxygens (including phenoxy) is 4. The Balaban J connectivity index is 1.32. The fourth-order valence-corrected chi connectivity index (χ4v) is 4.22. The van der Waals surface area contributed by atoms with Crippen molar-refractivity contribution in [3.8, 4) is 23.0 Å². The third-order valence-corrected chi connectivity index (χ3v) is 6.08. The van der Waals surface area contributed by atoms with Crippen molar-refractivity contribution in [2.45, 2.75) is 12.5 Å². The van der Waals surface area contributed by atoms with Crippen molar-refractivity contribution in [2.24, 2.45) is 5.73 Å². The first-order valence-electron chi connectivity index (χ1n) is 11.5. The maximum Gasteiger partial charge on any atom is 0.241 e. The Morgan fingerprint density at radius 2 is 1.86 bits per heavy atom. The Labute approximate surface area is 208 Å². The number of amides is 1. The fraction of sp³-hybridized carbons (Fsp3) is 0.179. The van der Waals surface area contributed by atoms with Gasteiger partial charge in [0.2, 0.25) is 18.4 Å². The van der Waals surface area contributed by atoms with E-state index < -0.39 is 6.04 Å². The average Bonchev–Trinajstić information content (AvgIpc) is 3.54. The monoisotopic (exact) mass is 485 g/mol. The van der Waals surface area contributed by atoms with Crippen LogP contribution in [0.5, 0.6) is 23.0 Å². The van der Waals surface area contributed by atoms with Gasteiger partial charge in [0.25, 0.3) is 0 Å². The van der Waals surface area contributed by atoms with Gasteiger partial charge in [0.15, 0.2) is 11.5 Å². The number of H-pyrrole nitrogens is 1. The molecule has 2 heterocycles. The molecule has 0 saturated heterocycles. The molecule has 0 spiro atoms. The van der Waals surface area contributed by atoms with E-state index in [2.05, 4.69) is 10.3 Å². The van der Waals surface area contributed by atoms with Crippen LogP contribution in [0.1, 0.15) is 16.7 Å². The molecule has 0 fully saturated rings. The number of hydrogen-bond donors (Lipinski definition) is 3. The zero-order valence-electron chi connectivity index (χ0n) is 20.0. The summed E-state index contributed by atoms with van der Waals surface area (Å²) in [6.07, 6.45) is 6.16. The summed E-state index contributed by atoms with van der Waals surface area (Å²) in [6.45, 7) is 0.169. The summed E-state index contributed by atoms with van der Waals surface area (Å²) < 4.78 is 21.8. The number of fused-ring (bicyclic) bond motifs is 2. The lowest BCUT2D eigenvalue weighted by Gasteiger charge is -2.15. The topological polar surface area (TPSA) is 108 Å². The van der Waals surface area contributed by atoms with Gasteiger partial charge in [-0.05, 0) is 53.4 Å². The SMILES string of the molecule is COc1ccc(/C=C\c2cc(OC)c3c(c2)OCO3)cc1NC(=O)[C@@H](N)Cc1c[nH]c2ccccc12. The fourth-order valence-electron chi connectivity index (χ4n) is 4.22. The molecule has 0 bridgehead atoms. The van der Waals surface area contributed by atoms with Crippen molar-refractivity contribution in [3.05, 3.63) is 77.5 Å². The molecule has 1 amide bonds. The minimum Gasteiger partial charge on any atom is -0.495 e. The van der Waals surface area contributed by atoms with E-state index >= 15 is 0 Å². The van der Waals surface area contributed by atoms with Crippen LogP contribution in [-0.2, 0) is 11.2 Å². The Bertz CT molecular complexity index is 1440. The maximum absolute atomic E-state index is 13.0. The lowest BCUT2D eigenvalue weighted by molar-refractivity contribution is -0.117. The molecule has 184 valence electrons. The Morgan fingerprint density at radius 3 is 2.69 bits per heavy atom. The van der Waals surface area contributed by atoms with Crippen LogP contribution in [0.2, 0.25) is 0 Å². The van der Waals surface area contributed by atoms with Crippen LogP contribution in [0.3, 0.4) is 0 Å². The van der Waals surface area contributed by atoms with Gasteiger partial charge in [0.1, 0.15) is 5.75 Å². The van der Waals surface area contributed by atoms with Crippen LogP contribution in [0.25, 0.3) is 23.1 Å². The van der Waals surface area contributed by atoms with Gasteiger partial charge in [-0.25, -0.2) is 0 Å². The van der Waals surface area contributed by atoms with E-state index in [1.54, 1.807) is 20.3 Å². The standard InChI is InChI=1S/C28H27N3O5/c1-33-24-10-9-17(7-8-18-12-25(34-2)27-26(13-18)35-16-36-27)11-23(24)31-28(32)21(29)14-19-15-30-22-6-4-3-5-20(19)22/h3-13,15,21,30H,14,16,29H2,1-2H3,(H,31,32)/b8-7-/t21-/m0/s1. The van der Waals surface area contributed by atoms with Gasteiger partial charge in [0.05, 0.1) is 25.9 Å². The molecule has 8 heteroatoms. The minimum atomic E-state index is -0.728. The molecule has 4 N–H and O–H groups in total. The first-order chi connectivity index (χ1) is 17.6. The summed E-state index contributed by atoms with van der Waals surface area (Å²) in [5.74, 6) is 2.11. The summed E-state index contributed by atoms with van der Waals surface area (Å²) >= 11 is 0. The second-order valence-electron chi connectivity index (χ2n) is 8.41. The number of methoxy groups -OCH3 is 2. The number of carbonyl (C=O) groups excluding carboxylic acids is 1. The minimum absolute atomic E-state index is 0.169. The number of nitrogens with two attached hydrogens (primary N) is 1. The van der Waals surface area contributed by atoms with Crippen molar-refractivity contribution in [1.82, 2.24) is 4.98 Å². The molecule has 1 aromatic heterocycles. The van der Waals surface area contributed by atoms with Gasteiger partial charge in [0, 0.05) is 17.1 Å². The van der Waals surface area contributed by atoms with E-state index in [1.165, 1.54) is 0 Å². The Hall–Kier alpha value is -4.43. The molecule has 0 unspecified atom stereocenters. The summed E-state index contributed by atoms with van der Waals surface area (Å²) in [5.41, 5.74) is 10.6. The maximum atomic E-state index is 13.0. The number of para-hydroxylation sites is 1. The van der Waals surface area contributed by atoms with E-state index in [-0.39, 0.29) is 12.7 Å². The largest absolute Gasteiger partial charge is 0.495 e. The predicted molar refractivity (Wildman–Crippen MR) is 140 cm³/mol. The molecule has 5 rings (SSSR count). The highest BCUT2D eigenvalue weighted by molar-refractivity contribution is 5.97. The van der Waals surface area contributed by atoms with Crippen molar-refractivity contribution in [1.29, 1.82) is 0 Å². The zero-order chi connectivity index (χ0) is 25.1. The molecule has 4 aromatic rings. The molecule has 36 heavy (non-hydrogen) atoms. The first-order valence-corrected chi connectivity index (χ1v) is 11.5. The predicted octanol–water partition coefficient (Wildman–Crippen LogP) is 4.59. The zero-order valence-corrected chi connectivity index (χ0v) is 20.0. The summed E-state index contributed by atoms with van der Waals surface area (Å²) in [4.78, 5) is 16.2. The number of aromatic amines is 1. The van der Waals surface area contributed by atoms with E-state index in [1.807, 2.05) is 66.9 Å². The van der Waals surface area contributed by atoms with E-state index in [9.17, 15) is 4.79 Å². The van der Waals surface area contributed by atoms with Crippen LogP contribution >= 0.6 is 0 Å². The van der Waals surface area contributed by atoms with Crippen LogP contribution in [-0.4, -0.2) is 37.9 Å². The van der Waals surface area contributed by atoms with Crippen molar-refractivity contribution < 1.29 is 23.7 Å². The van der Waals surface area contributed by atoms with Crippen molar-refractivity contribution in [3.63, 3.8) is 0 Å². The molecule has 0 aliphatic carbocycles. The molecule has 8 nitrogen and oxygen atoms in total. The molecule has 0 saturated carbocycles. The molecule has 1 aliphatic heterocycles. The second kappa shape index (κ2) is 10.1. The number of nitrogens with one attached hydrogen (secondary N) is 2. The lowest BCUT2D eigenvalue weighted by atomic mass is 10.0. The van der Waals surface area contributed by atoms with Gasteiger partial charge in [-0.15, -0.1) is 0 Å². The highest BCUT2D eigenvalue weighted by atomic mass is 16.7. The molecule has 0 radical (unpaired) electrons. The van der Waals surface area contributed by atoms with Crippen LogP contribution < -0.4 is 30.0 Å². The quantitative estimate of drug-likeness (QED) is 0.315. The highest BCUT2D eigenvalue weighted by Crippen LogP contribution is 2.42. The van der Waals surface area contributed by atoms with Gasteiger partial charge >= 0.3 is 0 Å². The van der Waals surface area contributed by atoms with Crippen molar-refractivity contribution >= 4 is 34.6 Å². The highest BCUT2D eigenvalue weighted by Gasteiger charge is 2.20. The molecular formula is C28H27N3O5. The third-order valence-electron chi connectivity index (χ3n) is 6.08. The lowest BCUT2D eigenvalue weighted by Crippen LogP contribution is -2.37. The number of aromatic nitrogens is 1. The van der Waals surface area contributed by atoms with Crippen LogP contribution in [0.4, 0.5) is 5.69 Å². The molecule has 1 atom stereocenters. The summed E-state index contributed by atoms with van der Waals surface area (Å²) in [5, 5.41) is 3.98. The van der Waals surface area contributed by atoms with Crippen molar-refractivity contribution in [2.75, 3.05) is 26.3 Å². The van der Waals surface area contributed by atoms with E-state index in [0.717, 1.165) is 27.6 Å². The Kier molecular flexibility index (Phi) is 6.51. The Morgan fingerprint density at radius 1 is 1.06 bits per heavy atom. The third kappa shape index (κ3) is 4.71. The first kappa shape index (κ1) is 23.3. The summed E-state index contributed by atoms with van der Waals surface area (Å²) in [7, 11) is 3.15. The van der Waals surface area contributed by atoms with Gasteiger partial charge in [-0.1, -0.05) is 36.4 Å². The number of rotatable bonds is 8.